The van der Waals surface area contributed by atoms with E-state index in [1.165, 1.54) is 18.2 Å². The number of anilines is 2. The fourth-order valence-electron chi connectivity index (χ4n) is 2.09. The molecule has 4 N–H and O–H groups in total. The molecule has 1 heterocycles. The van der Waals surface area contributed by atoms with Crippen LogP contribution in [0, 0.1) is 5.82 Å². The smallest absolute Gasteiger partial charge is 0.257 e. The summed E-state index contributed by atoms with van der Waals surface area (Å²) in [5.41, 5.74) is 7.65. The molecule has 3 rings (SSSR count). The maximum atomic E-state index is 13.2. The minimum absolute atomic E-state index is 0.264. The van der Waals surface area contributed by atoms with Crippen LogP contribution >= 0.6 is 0 Å². The van der Waals surface area contributed by atoms with Gasteiger partial charge in [0, 0.05) is 17.1 Å². The van der Waals surface area contributed by atoms with E-state index in [1.807, 2.05) is 24.3 Å². The highest BCUT2D eigenvalue weighted by Crippen LogP contribution is 2.22. The van der Waals surface area contributed by atoms with Gasteiger partial charge in [-0.05, 0) is 24.3 Å². The molecule has 0 aliphatic carbocycles. The Labute approximate surface area is 114 Å². The lowest BCUT2D eigenvalue weighted by atomic mass is 10.1. The summed E-state index contributed by atoms with van der Waals surface area (Å²) < 4.78 is 13.2. The van der Waals surface area contributed by atoms with Crippen molar-refractivity contribution in [2.75, 3.05) is 11.1 Å². The fraction of sp³-hybridized carbons (Fsp3) is 0. The lowest BCUT2D eigenvalue weighted by molar-refractivity contribution is 0.102. The third-order valence-corrected chi connectivity index (χ3v) is 3.10. The Kier molecular flexibility index (Phi) is 2.87. The zero-order valence-corrected chi connectivity index (χ0v) is 10.5. The number of H-pyrrole nitrogens is 1. The van der Waals surface area contributed by atoms with Crippen molar-refractivity contribution in [3.8, 4) is 0 Å². The zero-order valence-electron chi connectivity index (χ0n) is 10.5. The van der Waals surface area contributed by atoms with E-state index in [0.717, 1.165) is 10.9 Å². The van der Waals surface area contributed by atoms with Crippen molar-refractivity contribution in [2.24, 2.45) is 0 Å². The number of amides is 1. The van der Waals surface area contributed by atoms with Gasteiger partial charge in [-0.25, -0.2) is 4.39 Å². The van der Waals surface area contributed by atoms with E-state index in [4.69, 9.17) is 5.73 Å². The summed E-state index contributed by atoms with van der Waals surface area (Å²) in [6.45, 7) is 0. The molecule has 0 aliphatic heterocycles. The van der Waals surface area contributed by atoms with Crippen LogP contribution in [0.15, 0.2) is 48.7 Å². The van der Waals surface area contributed by atoms with Gasteiger partial charge in [0.15, 0.2) is 0 Å². The predicted octanol–water partition coefficient (Wildman–Crippen LogP) is 3.14. The first-order chi connectivity index (χ1) is 9.65. The van der Waals surface area contributed by atoms with Gasteiger partial charge in [0.2, 0.25) is 0 Å². The van der Waals surface area contributed by atoms with Gasteiger partial charge in [-0.2, -0.15) is 0 Å². The van der Waals surface area contributed by atoms with Gasteiger partial charge >= 0.3 is 0 Å². The van der Waals surface area contributed by atoms with Crippen LogP contribution in [0.5, 0.6) is 0 Å². The second kappa shape index (κ2) is 4.70. The van der Waals surface area contributed by atoms with Gasteiger partial charge in [-0.1, -0.05) is 18.2 Å². The average molecular weight is 269 g/mol. The lowest BCUT2D eigenvalue weighted by Gasteiger charge is -2.07. The Morgan fingerprint density at radius 1 is 1.20 bits per heavy atom. The molecule has 0 atom stereocenters. The van der Waals surface area contributed by atoms with Crippen molar-refractivity contribution < 1.29 is 9.18 Å². The molecular formula is C15H12FN3O. The number of nitrogens with one attached hydrogen (secondary N) is 2. The summed E-state index contributed by atoms with van der Waals surface area (Å²) in [6, 6.07) is 11.3. The molecular weight excluding hydrogens is 257 g/mol. The van der Waals surface area contributed by atoms with Crippen LogP contribution in [0.25, 0.3) is 10.9 Å². The minimum Gasteiger partial charge on any atom is -0.397 e. The highest BCUT2D eigenvalue weighted by atomic mass is 19.1. The van der Waals surface area contributed by atoms with E-state index in [-0.39, 0.29) is 11.6 Å². The Morgan fingerprint density at radius 2 is 2.00 bits per heavy atom. The number of rotatable bonds is 2. The summed E-state index contributed by atoms with van der Waals surface area (Å²) in [5, 5.41) is 3.43. The number of hydrogen-bond acceptors (Lipinski definition) is 2. The topological polar surface area (TPSA) is 70.9 Å². The third kappa shape index (κ3) is 2.09. The maximum Gasteiger partial charge on any atom is 0.257 e. The molecule has 0 spiro atoms. The number of hydrogen-bond donors (Lipinski definition) is 3. The van der Waals surface area contributed by atoms with Gasteiger partial charge < -0.3 is 16.0 Å². The molecule has 1 aromatic heterocycles. The van der Waals surface area contributed by atoms with Crippen LogP contribution in [0.1, 0.15) is 10.4 Å². The standard InChI is InChI=1S/C15H12FN3O/c16-9-5-6-12(17)14(7-9)19-15(20)11-8-18-13-4-2-1-3-10(11)13/h1-8,18H,17H2,(H,19,20). The second-order valence-electron chi connectivity index (χ2n) is 4.43. The van der Waals surface area contributed by atoms with Crippen molar-refractivity contribution in [1.29, 1.82) is 0 Å². The summed E-state index contributed by atoms with van der Waals surface area (Å²) in [4.78, 5) is 15.3. The van der Waals surface area contributed by atoms with E-state index in [0.29, 0.717) is 11.3 Å². The van der Waals surface area contributed by atoms with Crippen LogP contribution in [-0.2, 0) is 0 Å². The van der Waals surface area contributed by atoms with Gasteiger partial charge in [0.25, 0.3) is 5.91 Å². The highest BCUT2D eigenvalue weighted by Gasteiger charge is 2.13. The first kappa shape index (κ1) is 12.2. The summed E-state index contributed by atoms with van der Waals surface area (Å²) in [6.07, 6.45) is 1.62. The van der Waals surface area contributed by atoms with Crippen LogP contribution in [0.2, 0.25) is 0 Å². The lowest BCUT2D eigenvalue weighted by Crippen LogP contribution is -2.13. The van der Waals surface area contributed by atoms with Crippen LogP contribution in [-0.4, -0.2) is 10.9 Å². The van der Waals surface area contributed by atoms with E-state index >= 15 is 0 Å². The Bertz CT molecular complexity index is 795. The number of halogens is 1. The first-order valence-electron chi connectivity index (χ1n) is 6.07. The molecule has 0 fully saturated rings. The zero-order chi connectivity index (χ0) is 14.1. The molecule has 0 bridgehead atoms. The van der Waals surface area contributed by atoms with Crippen LogP contribution in [0.4, 0.5) is 15.8 Å². The number of nitrogens with two attached hydrogens (primary N) is 1. The van der Waals surface area contributed by atoms with Crippen LogP contribution in [0.3, 0.4) is 0 Å². The van der Waals surface area contributed by atoms with Gasteiger partial charge in [0.05, 0.1) is 16.9 Å². The number of carbonyl (C=O) groups is 1. The summed E-state index contributed by atoms with van der Waals surface area (Å²) in [7, 11) is 0. The van der Waals surface area contributed by atoms with E-state index in [2.05, 4.69) is 10.3 Å². The number of carbonyl (C=O) groups excluding carboxylic acids is 1. The molecule has 5 heteroatoms. The monoisotopic (exact) mass is 269 g/mol. The van der Waals surface area contributed by atoms with E-state index in [9.17, 15) is 9.18 Å². The minimum atomic E-state index is -0.451. The van der Waals surface area contributed by atoms with E-state index in [1.54, 1.807) is 6.20 Å². The third-order valence-electron chi connectivity index (χ3n) is 3.10. The SMILES string of the molecule is Nc1ccc(F)cc1NC(=O)c1c[nH]c2ccccc12. The Balaban J connectivity index is 1.95. The maximum absolute atomic E-state index is 13.2. The molecule has 0 saturated carbocycles. The number of para-hydroxylation sites is 1. The molecule has 1 amide bonds. The summed E-state index contributed by atoms with van der Waals surface area (Å²) in [5.74, 6) is -0.784. The number of aromatic nitrogens is 1. The molecule has 20 heavy (non-hydrogen) atoms. The van der Waals surface area contributed by atoms with Gasteiger partial charge in [-0.3, -0.25) is 4.79 Å². The number of benzene rings is 2. The largest absolute Gasteiger partial charge is 0.397 e. The molecule has 0 unspecified atom stereocenters. The summed E-state index contributed by atoms with van der Waals surface area (Å²) >= 11 is 0. The average Bonchev–Trinajstić information content (AvgIpc) is 2.87. The quantitative estimate of drug-likeness (QED) is 0.625. The predicted molar refractivity (Wildman–Crippen MR) is 77.1 cm³/mol. The van der Waals surface area contributed by atoms with Crippen molar-refractivity contribution in [2.45, 2.75) is 0 Å². The Hall–Kier alpha value is -2.82. The van der Waals surface area contributed by atoms with Crippen molar-refractivity contribution in [1.82, 2.24) is 4.98 Å². The second-order valence-corrected chi connectivity index (χ2v) is 4.43. The van der Waals surface area contributed by atoms with Crippen molar-refractivity contribution >= 4 is 28.2 Å². The molecule has 4 nitrogen and oxygen atoms in total. The molecule has 0 saturated heterocycles. The number of aromatic amines is 1. The molecule has 0 radical (unpaired) electrons. The Morgan fingerprint density at radius 3 is 2.85 bits per heavy atom. The first-order valence-corrected chi connectivity index (χ1v) is 6.07. The number of nitrogen functional groups attached to an aromatic ring is 1. The van der Waals surface area contributed by atoms with Crippen molar-refractivity contribution in [3.05, 3.63) is 60.0 Å². The molecule has 100 valence electrons. The van der Waals surface area contributed by atoms with Gasteiger partial charge in [-0.15, -0.1) is 0 Å². The normalized spacial score (nSPS) is 10.7. The highest BCUT2D eigenvalue weighted by molar-refractivity contribution is 6.13. The van der Waals surface area contributed by atoms with Crippen molar-refractivity contribution in [3.63, 3.8) is 0 Å². The molecule has 0 aliphatic rings. The number of fused-ring (bicyclic) bond motifs is 1. The fourth-order valence-corrected chi connectivity index (χ4v) is 2.09. The van der Waals surface area contributed by atoms with Crippen LogP contribution < -0.4 is 11.1 Å². The van der Waals surface area contributed by atoms with E-state index < -0.39 is 5.82 Å². The molecule has 2 aromatic carbocycles. The molecule has 3 aromatic rings. The van der Waals surface area contributed by atoms with Gasteiger partial charge in [0.1, 0.15) is 5.82 Å².